The van der Waals surface area contributed by atoms with Crippen molar-refractivity contribution in [3.05, 3.63) is 63.4 Å². The Morgan fingerprint density at radius 2 is 2.00 bits per heavy atom. The van der Waals surface area contributed by atoms with Crippen LogP contribution in [0, 0.1) is 0 Å². The van der Waals surface area contributed by atoms with Gasteiger partial charge >= 0.3 is 0 Å². The van der Waals surface area contributed by atoms with E-state index >= 15 is 0 Å². The molecule has 3 rings (SSSR count). The van der Waals surface area contributed by atoms with Crippen molar-refractivity contribution in [3.63, 3.8) is 0 Å². The Morgan fingerprint density at radius 3 is 2.76 bits per heavy atom. The van der Waals surface area contributed by atoms with Gasteiger partial charge in [-0.15, -0.1) is 11.3 Å². The summed E-state index contributed by atoms with van der Waals surface area (Å²) in [6, 6.07) is 15.9. The first-order valence-electron chi connectivity index (χ1n) is 6.78. The van der Waals surface area contributed by atoms with Crippen LogP contribution in [0.4, 0.5) is 0 Å². The molecule has 1 unspecified atom stereocenters. The van der Waals surface area contributed by atoms with Crippen molar-refractivity contribution in [1.29, 1.82) is 0 Å². The summed E-state index contributed by atoms with van der Waals surface area (Å²) < 4.78 is 7.74. The molecule has 0 bridgehead atoms. The van der Waals surface area contributed by atoms with Crippen LogP contribution < -0.4 is 4.74 Å². The summed E-state index contributed by atoms with van der Waals surface area (Å²) in [5, 5.41) is 11.9. The van der Waals surface area contributed by atoms with Crippen LogP contribution in [0.1, 0.15) is 23.5 Å². The van der Waals surface area contributed by atoms with E-state index in [1.807, 2.05) is 43.3 Å². The number of benzene rings is 2. The maximum absolute atomic E-state index is 10.7. The molecule has 0 radical (unpaired) electrons. The molecule has 0 aliphatic rings. The van der Waals surface area contributed by atoms with Gasteiger partial charge in [-0.2, -0.15) is 0 Å². The highest BCUT2D eigenvalue weighted by Gasteiger charge is 2.18. The monoisotopic (exact) mass is 362 g/mol. The molecule has 0 saturated carbocycles. The van der Waals surface area contributed by atoms with Gasteiger partial charge in [0.2, 0.25) is 0 Å². The zero-order valence-corrected chi connectivity index (χ0v) is 13.9. The van der Waals surface area contributed by atoms with Gasteiger partial charge in [-0.3, -0.25) is 0 Å². The van der Waals surface area contributed by atoms with Crippen LogP contribution in [-0.4, -0.2) is 11.7 Å². The van der Waals surface area contributed by atoms with E-state index in [0.717, 1.165) is 26.0 Å². The molecule has 1 atom stereocenters. The molecule has 2 nitrogen and oxygen atoms in total. The molecule has 21 heavy (non-hydrogen) atoms. The van der Waals surface area contributed by atoms with E-state index in [4.69, 9.17) is 4.74 Å². The Bertz CT molecular complexity index is 733. The maximum atomic E-state index is 10.7. The summed E-state index contributed by atoms with van der Waals surface area (Å²) in [6.07, 6.45) is -0.679. The molecule has 0 aliphatic carbocycles. The number of thiophene rings is 1. The normalized spacial score (nSPS) is 12.5. The predicted octanol–water partition coefficient (Wildman–Crippen LogP) is 5.14. The van der Waals surface area contributed by atoms with E-state index in [2.05, 4.69) is 28.1 Å². The average Bonchev–Trinajstić information content (AvgIpc) is 2.92. The Kier molecular flexibility index (Phi) is 4.29. The van der Waals surface area contributed by atoms with E-state index in [0.29, 0.717) is 6.61 Å². The largest absolute Gasteiger partial charge is 0.493 e. The van der Waals surface area contributed by atoms with Gasteiger partial charge in [-0.1, -0.05) is 34.1 Å². The fraction of sp³-hybridized carbons (Fsp3) is 0.176. The average molecular weight is 363 g/mol. The number of fused-ring (bicyclic) bond motifs is 1. The molecule has 1 N–H and O–H groups in total. The molecule has 3 aromatic rings. The highest BCUT2D eigenvalue weighted by atomic mass is 79.9. The van der Waals surface area contributed by atoms with E-state index < -0.39 is 6.10 Å². The first-order valence-corrected chi connectivity index (χ1v) is 8.38. The van der Waals surface area contributed by atoms with Crippen LogP contribution in [0.25, 0.3) is 10.1 Å². The summed E-state index contributed by atoms with van der Waals surface area (Å²) >= 11 is 5.07. The van der Waals surface area contributed by atoms with Crippen LogP contribution in [0.3, 0.4) is 0 Å². The maximum Gasteiger partial charge on any atom is 0.125 e. The molecule has 2 aromatic carbocycles. The molecule has 108 valence electrons. The molecule has 4 heteroatoms. The third-order valence-corrected chi connectivity index (χ3v) is 4.94. The second kappa shape index (κ2) is 6.18. The first kappa shape index (κ1) is 14.6. The lowest BCUT2D eigenvalue weighted by molar-refractivity contribution is 0.215. The molecular formula is C17H15BrO2S. The van der Waals surface area contributed by atoms with Gasteiger partial charge in [-0.25, -0.2) is 0 Å². The van der Waals surface area contributed by atoms with Gasteiger partial charge in [0.25, 0.3) is 0 Å². The Balaban J connectivity index is 2.04. The van der Waals surface area contributed by atoms with E-state index in [1.54, 1.807) is 11.3 Å². The minimum Gasteiger partial charge on any atom is -0.493 e. The van der Waals surface area contributed by atoms with Crippen molar-refractivity contribution in [1.82, 2.24) is 0 Å². The number of rotatable bonds is 4. The second-order valence-corrected chi connectivity index (χ2v) is 6.74. The molecule has 0 aliphatic heterocycles. The number of aliphatic hydroxyl groups excluding tert-OH is 1. The van der Waals surface area contributed by atoms with Crippen molar-refractivity contribution in [3.8, 4) is 5.75 Å². The summed E-state index contributed by atoms with van der Waals surface area (Å²) in [6.45, 7) is 2.52. The van der Waals surface area contributed by atoms with E-state index in [9.17, 15) is 5.11 Å². The Hall–Kier alpha value is -1.36. The minimum atomic E-state index is -0.679. The smallest absolute Gasteiger partial charge is 0.125 e. The van der Waals surface area contributed by atoms with Crippen molar-refractivity contribution < 1.29 is 9.84 Å². The topological polar surface area (TPSA) is 29.5 Å². The molecule has 0 fully saturated rings. The minimum absolute atomic E-state index is 0.577. The Morgan fingerprint density at radius 1 is 1.19 bits per heavy atom. The van der Waals surface area contributed by atoms with Crippen LogP contribution in [0.15, 0.2) is 53.0 Å². The zero-order valence-electron chi connectivity index (χ0n) is 11.5. The molecule has 0 saturated heterocycles. The number of hydrogen-bond acceptors (Lipinski definition) is 3. The molecular weight excluding hydrogens is 348 g/mol. The highest BCUT2D eigenvalue weighted by Crippen LogP contribution is 2.37. The van der Waals surface area contributed by atoms with Crippen LogP contribution in [0.5, 0.6) is 5.75 Å². The predicted molar refractivity (Wildman–Crippen MR) is 91.2 cm³/mol. The standard InChI is InChI=1S/C17H15BrO2S/c1-2-20-14-8-7-12(18)10-13(14)17(19)16-9-11-5-3-4-6-15(11)21-16/h3-10,17,19H,2H2,1H3. The van der Waals surface area contributed by atoms with Crippen molar-refractivity contribution in [2.45, 2.75) is 13.0 Å². The third-order valence-electron chi connectivity index (χ3n) is 3.28. The lowest BCUT2D eigenvalue weighted by atomic mass is 10.1. The first-order chi connectivity index (χ1) is 10.2. The summed E-state index contributed by atoms with van der Waals surface area (Å²) in [4.78, 5) is 0.926. The van der Waals surface area contributed by atoms with E-state index in [1.165, 1.54) is 4.70 Å². The highest BCUT2D eigenvalue weighted by molar-refractivity contribution is 9.10. The van der Waals surface area contributed by atoms with Gasteiger partial charge in [0.15, 0.2) is 0 Å². The quantitative estimate of drug-likeness (QED) is 0.695. The van der Waals surface area contributed by atoms with Gasteiger partial charge in [0.1, 0.15) is 11.9 Å². The molecule has 1 heterocycles. The number of hydrogen-bond donors (Lipinski definition) is 1. The molecule has 0 spiro atoms. The van der Waals surface area contributed by atoms with Crippen LogP contribution >= 0.6 is 27.3 Å². The Labute approximate surface area is 136 Å². The lowest BCUT2D eigenvalue weighted by Gasteiger charge is -2.15. The number of ether oxygens (including phenoxy) is 1. The summed E-state index contributed by atoms with van der Waals surface area (Å²) in [5.41, 5.74) is 0.790. The fourth-order valence-electron chi connectivity index (χ4n) is 2.31. The second-order valence-electron chi connectivity index (χ2n) is 4.70. The van der Waals surface area contributed by atoms with Gasteiger partial charge in [-0.05, 0) is 42.6 Å². The van der Waals surface area contributed by atoms with Gasteiger partial charge < -0.3 is 9.84 Å². The zero-order chi connectivity index (χ0) is 14.8. The van der Waals surface area contributed by atoms with Crippen LogP contribution in [0.2, 0.25) is 0 Å². The number of halogens is 1. The van der Waals surface area contributed by atoms with Gasteiger partial charge in [0.05, 0.1) is 6.61 Å². The molecule has 1 aromatic heterocycles. The van der Waals surface area contributed by atoms with Gasteiger partial charge in [0, 0.05) is 19.6 Å². The summed E-state index contributed by atoms with van der Waals surface area (Å²) in [5.74, 6) is 0.727. The van der Waals surface area contributed by atoms with Crippen molar-refractivity contribution >= 4 is 37.4 Å². The van der Waals surface area contributed by atoms with Crippen molar-refractivity contribution in [2.75, 3.05) is 6.61 Å². The van der Waals surface area contributed by atoms with E-state index in [-0.39, 0.29) is 0 Å². The lowest BCUT2D eigenvalue weighted by Crippen LogP contribution is -2.02. The van der Waals surface area contributed by atoms with Crippen molar-refractivity contribution in [2.24, 2.45) is 0 Å². The summed E-state index contributed by atoms with van der Waals surface area (Å²) in [7, 11) is 0. The SMILES string of the molecule is CCOc1ccc(Br)cc1C(O)c1cc2ccccc2s1. The number of aliphatic hydroxyl groups is 1. The molecule has 0 amide bonds. The third kappa shape index (κ3) is 2.98. The van der Waals surface area contributed by atoms with Crippen LogP contribution in [-0.2, 0) is 0 Å². The fourth-order valence-corrected chi connectivity index (χ4v) is 3.76.